The molecule has 2 aromatic rings. The first-order valence-electron chi connectivity index (χ1n) is 7.56. The number of nitrogens with zero attached hydrogens (tertiary/aromatic N) is 1. The molecule has 3 rings (SSSR count). The van der Waals surface area contributed by atoms with Crippen molar-refractivity contribution in [3.63, 3.8) is 0 Å². The molecule has 1 saturated heterocycles. The van der Waals surface area contributed by atoms with Crippen molar-refractivity contribution in [1.82, 2.24) is 4.31 Å². The van der Waals surface area contributed by atoms with Crippen LogP contribution in [0.5, 0.6) is 0 Å². The molecule has 130 valence electrons. The van der Waals surface area contributed by atoms with Crippen LogP contribution < -0.4 is 0 Å². The van der Waals surface area contributed by atoms with E-state index in [1.807, 2.05) is 17.5 Å². The van der Waals surface area contributed by atoms with Gasteiger partial charge >= 0.3 is 0 Å². The first kappa shape index (κ1) is 17.5. The first-order valence-corrected chi connectivity index (χ1v) is 9.88. The molecule has 0 amide bonds. The second-order valence-corrected chi connectivity index (χ2v) is 8.56. The Bertz CT molecular complexity index is 788. The average molecular weight is 373 g/mol. The number of benzene rings is 1. The van der Waals surface area contributed by atoms with Crippen LogP contribution in [-0.4, -0.2) is 32.0 Å². The Kier molecular flexibility index (Phi) is 5.29. The molecule has 0 aliphatic carbocycles. The summed E-state index contributed by atoms with van der Waals surface area (Å²) in [5.74, 6) is -2.25. The van der Waals surface area contributed by atoms with Crippen molar-refractivity contribution < 1.29 is 21.9 Å². The Hall–Kier alpha value is -1.35. The Labute approximate surface area is 143 Å². The molecule has 8 heteroatoms. The van der Waals surface area contributed by atoms with Gasteiger partial charge in [0, 0.05) is 24.6 Å². The monoisotopic (exact) mass is 373 g/mol. The second-order valence-electron chi connectivity index (χ2n) is 5.59. The largest absolute Gasteiger partial charge is 0.377 e. The number of ether oxygens (including phenoxy) is 1. The Balaban J connectivity index is 1.90. The van der Waals surface area contributed by atoms with Crippen LogP contribution in [0.15, 0.2) is 40.6 Å². The van der Waals surface area contributed by atoms with E-state index in [-0.39, 0.29) is 24.1 Å². The standard InChI is InChI=1S/C16H17F2NO3S2/c17-15-6-5-14(9-16(15)18)24(20,21)19(10-12-3-1-7-22-12)11-13-4-2-8-23-13/h2,4-6,8-9,12H,1,3,7,10-11H2/t12-/m1/s1. The van der Waals surface area contributed by atoms with E-state index in [4.69, 9.17) is 4.74 Å². The van der Waals surface area contributed by atoms with Gasteiger partial charge in [0.25, 0.3) is 0 Å². The van der Waals surface area contributed by atoms with Crippen LogP contribution in [0.3, 0.4) is 0 Å². The van der Waals surface area contributed by atoms with Crippen LogP contribution in [0.4, 0.5) is 8.78 Å². The number of hydrogen-bond acceptors (Lipinski definition) is 4. The smallest absolute Gasteiger partial charge is 0.243 e. The molecule has 4 nitrogen and oxygen atoms in total. The Morgan fingerprint density at radius 3 is 2.71 bits per heavy atom. The van der Waals surface area contributed by atoms with E-state index in [9.17, 15) is 17.2 Å². The Morgan fingerprint density at radius 2 is 2.08 bits per heavy atom. The van der Waals surface area contributed by atoms with Gasteiger partial charge in [-0.3, -0.25) is 0 Å². The van der Waals surface area contributed by atoms with Crippen LogP contribution in [0.25, 0.3) is 0 Å². The van der Waals surface area contributed by atoms with Crippen molar-refractivity contribution in [2.75, 3.05) is 13.2 Å². The number of rotatable bonds is 6. The lowest BCUT2D eigenvalue weighted by atomic mass is 10.2. The molecule has 0 unspecified atom stereocenters. The van der Waals surface area contributed by atoms with Crippen LogP contribution in [0, 0.1) is 11.6 Å². The first-order chi connectivity index (χ1) is 11.5. The highest BCUT2D eigenvalue weighted by molar-refractivity contribution is 7.89. The zero-order chi connectivity index (χ0) is 17.2. The molecular formula is C16H17F2NO3S2. The zero-order valence-electron chi connectivity index (χ0n) is 12.8. The summed E-state index contributed by atoms with van der Waals surface area (Å²) in [5, 5.41) is 1.86. The SMILES string of the molecule is O=S(=O)(c1ccc(F)c(F)c1)N(Cc1cccs1)C[C@H]1CCCO1. The van der Waals surface area contributed by atoms with Gasteiger partial charge in [-0.2, -0.15) is 4.31 Å². The lowest BCUT2D eigenvalue weighted by Crippen LogP contribution is -2.36. The van der Waals surface area contributed by atoms with Crippen molar-refractivity contribution in [1.29, 1.82) is 0 Å². The number of sulfonamides is 1. The Morgan fingerprint density at radius 1 is 1.25 bits per heavy atom. The molecule has 0 saturated carbocycles. The van der Waals surface area contributed by atoms with Crippen molar-refractivity contribution in [2.24, 2.45) is 0 Å². The second kappa shape index (κ2) is 7.26. The van der Waals surface area contributed by atoms with Gasteiger partial charge in [0.1, 0.15) is 0 Å². The third-order valence-electron chi connectivity index (χ3n) is 3.87. The maximum atomic E-state index is 13.5. The third kappa shape index (κ3) is 3.83. The van der Waals surface area contributed by atoms with E-state index in [0.29, 0.717) is 6.61 Å². The highest BCUT2D eigenvalue weighted by atomic mass is 32.2. The minimum Gasteiger partial charge on any atom is -0.377 e. The average Bonchev–Trinajstić information content (AvgIpc) is 3.23. The summed E-state index contributed by atoms with van der Waals surface area (Å²) in [4.78, 5) is 0.620. The van der Waals surface area contributed by atoms with Gasteiger partial charge in [-0.05, 0) is 42.5 Å². The number of hydrogen-bond donors (Lipinski definition) is 0. The summed E-state index contributed by atoms with van der Waals surface area (Å²) in [7, 11) is -3.95. The minimum atomic E-state index is -3.95. The van der Waals surface area contributed by atoms with Gasteiger partial charge < -0.3 is 4.74 Å². The summed E-state index contributed by atoms with van der Waals surface area (Å²) in [6.45, 7) is 0.987. The number of halogens is 2. The molecule has 1 aromatic heterocycles. The highest BCUT2D eigenvalue weighted by Crippen LogP contribution is 2.24. The van der Waals surface area contributed by atoms with Crippen molar-refractivity contribution in [2.45, 2.75) is 30.4 Å². The van der Waals surface area contributed by atoms with E-state index in [0.717, 1.165) is 35.9 Å². The lowest BCUT2D eigenvalue weighted by molar-refractivity contribution is 0.0927. The molecule has 0 radical (unpaired) electrons. The summed E-state index contributed by atoms with van der Waals surface area (Å²) in [5.41, 5.74) is 0. The fourth-order valence-electron chi connectivity index (χ4n) is 2.63. The predicted molar refractivity (Wildman–Crippen MR) is 87.2 cm³/mol. The molecular weight excluding hydrogens is 356 g/mol. The fraction of sp³-hybridized carbons (Fsp3) is 0.375. The van der Waals surface area contributed by atoms with E-state index >= 15 is 0 Å². The maximum absolute atomic E-state index is 13.5. The van der Waals surface area contributed by atoms with E-state index in [1.54, 1.807) is 0 Å². The summed E-state index contributed by atoms with van der Waals surface area (Å²) < 4.78 is 59.2. The molecule has 1 aromatic carbocycles. The molecule has 0 spiro atoms. The van der Waals surface area contributed by atoms with Gasteiger partial charge in [-0.1, -0.05) is 6.07 Å². The molecule has 1 atom stereocenters. The maximum Gasteiger partial charge on any atom is 0.243 e. The van der Waals surface area contributed by atoms with E-state index in [1.165, 1.54) is 15.6 Å². The van der Waals surface area contributed by atoms with Gasteiger partial charge in [0.05, 0.1) is 11.0 Å². The van der Waals surface area contributed by atoms with Gasteiger partial charge in [-0.25, -0.2) is 17.2 Å². The van der Waals surface area contributed by atoms with E-state index in [2.05, 4.69) is 0 Å². The molecule has 1 aliphatic heterocycles. The summed E-state index contributed by atoms with van der Waals surface area (Å²) in [6.07, 6.45) is 1.50. The molecule has 1 fully saturated rings. The van der Waals surface area contributed by atoms with Gasteiger partial charge in [-0.15, -0.1) is 11.3 Å². The summed E-state index contributed by atoms with van der Waals surface area (Å²) >= 11 is 1.45. The van der Waals surface area contributed by atoms with Gasteiger partial charge in [0.15, 0.2) is 11.6 Å². The van der Waals surface area contributed by atoms with Crippen molar-refractivity contribution >= 4 is 21.4 Å². The molecule has 1 aliphatic rings. The van der Waals surface area contributed by atoms with Crippen molar-refractivity contribution in [3.8, 4) is 0 Å². The molecule has 0 N–H and O–H groups in total. The zero-order valence-corrected chi connectivity index (χ0v) is 14.5. The quantitative estimate of drug-likeness (QED) is 0.780. The van der Waals surface area contributed by atoms with Crippen LogP contribution in [0.2, 0.25) is 0 Å². The molecule has 0 bridgehead atoms. The van der Waals surface area contributed by atoms with Crippen LogP contribution in [-0.2, 0) is 21.3 Å². The summed E-state index contributed by atoms with van der Waals surface area (Å²) in [6, 6.07) is 6.33. The fourth-order valence-corrected chi connectivity index (χ4v) is 4.89. The van der Waals surface area contributed by atoms with Gasteiger partial charge in [0.2, 0.25) is 10.0 Å². The van der Waals surface area contributed by atoms with E-state index < -0.39 is 21.7 Å². The number of thiophene rings is 1. The topological polar surface area (TPSA) is 46.6 Å². The molecule has 24 heavy (non-hydrogen) atoms. The third-order valence-corrected chi connectivity index (χ3v) is 6.54. The molecule has 2 heterocycles. The van der Waals surface area contributed by atoms with Crippen LogP contribution in [0.1, 0.15) is 17.7 Å². The lowest BCUT2D eigenvalue weighted by Gasteiger charge is -2.24. The van der Waals surface area contributed by atoms with Crippen molar-refractivity contribution in [3.05, 3.63) is 52.2 Å². The normalized spacial score (nSPS) is 18.4. The minimum absolute atomic E-state index is 0.176. The van der Waals surface area contributed by atoms with Crippen LogP contribution >= 0.6 is 11.3 Å². The predicted octanol–water partition coefficient (Wildman–Crippen LogP) is 3.40. The highest BCUT2D eigenvalue weighted by Gasteiger charge is 2.30.